The average molecular weight is 243 g/mol. The lowest BCUT2D eigenvalue weighted by Crippen LogP contribution is -2.14. The number of aryl methyl sites for hydroxylation is 1. The number of halogens is 1. The highest BCUT2D eigenvalue weighted by Crippen LogP contribution is 2.46. The predicted molar refractivity (Wildman–Crippen MR) is 67.2 cm³/mol. The van der Waals surface area contributed by atoms with Crippen LogP contribution < -0.4 is 4.74 Å². The monoisotopic (exact) mass is 242 g/mol. The maximum absolute atomic E-state index is 5.94. The molecule has 15 heavy (non-hydrogen) atoms. The van der Waals surface area contributed by atoms with Crippen LogP contribution in [0, 0.1) is 12.3 Å². The van der Waals surface area contributed by atoms with Crippen molar-refractivity contribution in [1.29, 1.82) is 0 Å². The van der Waals surface area contributed by atoms with E-state index in [-0.39, 0.29) is 0 Å². The van der Waals surface area contributed by atoms with E-state index >= 15 is 0 Å². The molecule has 0 spiro atoms. The summed E-state index contributed by atoms with van der Waals surface area (Å²) in [5.74, 6) is 1.82. The molecule has 82 valence electrons. The lowest BCUT2D eigenvalue weighted by Gasteiger charge is -2.14. The fourth-order valence-electron chi connectivity index (χ4n) is 1.47. The van der Waals surface area contributed by atoms with E-state index < -0.39 is 0 Å². The first-order valence-corrected chi connectivity index (χ1v) is 6.16. The fourth-order valence-corrected chi connectivity index (χ4v) is 1.99. The summed E-state index contributed by atoms with van der Waals surface area (Å²) in [5, 5.41) is 0.790. The molecular weight excluding hydrogens is 228 g/mol. The van der Waals surface area contributed by atoms with Crippen LogP contribution in [0.2, 0.25) is 5.02 Å². The molecule has 0 heterocycles. The predicted octanol–water partition coefficient (Wildman–Crippen LogP) is 3.74. The van der Waals surface area contributed by atoms with E-state index in [4.69, 9.17) is 16.3 Å². The van der Waals surface area contributed by atoms with Crippen LogP contribution in [-0.4, -0.2) is 12.4 Å². The first kappa shape index (κ1) is 11.2. The van der Waals surface area contributed by atoms with Crippen molar-refractivity contribution in [2.24, 2.45) is 5.41 Å². The zero-order valence-electron chi connectivity index (χ0n) is 8.79. The molecule has 0 bridgehead atoms. The third kappa shape index (κ3) is 2.61. The van der Waals surface area contributed by atoms with Crippen LogP contribution >= 0.6 is 24.2 Å². The summed E-state index contributed by atoms with van der Waals surface area (Å²) >= 11 is 10.3. The van der Waals surface area contributed by atoms with Crippen molar-refractivity contribution in [2.75, 3.05) is 12.4 Å². The molecule has 2 rings (SSSR count). The van der Waals surface area contributed by atoms with Crippen LogP contribution in [0.25, 0.3) is 0 Å². The lowest BCUT2D eigenvalue weighted by atomic mass is 10.1. The molecule has 1 aromatic rings. The molecule has 0 saturated heterocycles. The second kappa shape index (κ2) is 4.26. The molecule has 1 nitrogen and oxygen atoms in total. The minimum Gasteiger partial charge on any atom is -0.493 e. The molecule has 1 aromatic carbocycles. The molecule has 0 amide bonds. The van der Waals surface area contributed by atoms with E-state index in [0.717, 1.165) is 28.7 Å². The van der Waals surface area contributed by atoms with Crippen molar-refractivity contribution in [2.45, 2.75) is 19.8 Å². The van der Waals surface area contributed by atoms with Crippen molar-refractivity contribution >= 4 is 24.2 Å². The van der Waals surface area contributed by atoms with Gasteiger partial charge in [-0.25, -0.2) is 0 Å². The van der Waals surface area contributed by atoms with Crippen LogP contribution in [0.15, 0.2) is 18.2 Å². The number of ether oxygens (including phenoxy) is 1. The molecule has 3 heteroatoms. The molecular formula is C12H15ClOS. The lowest BCUT2D eigenvalue weighted by molar-refractivity contribution is 0.250. The standard InChI is InChI=1S/C12H15ClOS/c1-9-6-10(2-3-11(9)13)14-7-12(8-15)4-5-12/h2-3,6,15H,4-5,7-8H2,1H3. The third-order valence-electron chi connectivity index (χ3n) is 2.97. The van der Waals surface area contributed by atoms with Crippen molar-refractivity contribution in [3.8, 4) is 5.75 Å². The summed E-state index contributed by atoms with van der Waals surface area (Å²) in [5.41, 5.74) is 1.40. The topological polar surface area (TPSA) is 9.23 Å². The Morgan fingerprint density at radius 2 is 2.20 bits per heavy atom. The van der Waals surface area contributed by atoms with Gasteiger partial charge in [0.1, 0.15) is 5.75 Å². The van der Waals surface area contributed by atoms with Crippen molar-refractivity contribution in [3.63, 3.8) is 0 Å². The minimum atomic E-state index is 0.344. The smallest absolute Gasteiger partial charge is 0.119 e. The van der Waals surface area contributed by atoms with Gasteiger partial charge in [-0.1, -0.05) is 11.6 Å². The number of rotatable bonds is 4. The first-order chi connectivity index (χ1) is 7.15. The zero-order valence-corrected chi connectivity index (χ0v) is 10.4. The van der Waals surface area contributed by atoms with Crippen molar-refractivity contribution in [1.82, 2.24) is 0 Å². The van der Waals surface area contributed by atoms with Gasteiger partial charge in [0.05, 0.1) is 6.61 Å². The van der Waals surface area contributed by atoms with Gasteiger partial charge >= 0.3 is 0 Å². The Balaban J connectivity index is 1.96. The van der Waals surface area contributed by atoms with Gasteiger partial charge in [0.25, 0.3) is 0 Å². The van der Waals surface area contributed by atoms with Gasteiger partial charge in [0, 0.05) is 10.4 Å². The first-order valence-electron chi connectivity index (χ1n) is 5.15. The highest BCUT2D eigenvalue weighted by atomic mass is 35.5. The Bertz CT molecular complexity index is 361. The number of hydrogen-bond donors (Lipinski definition) is 1. The summed E-state index contributed by atoms with van der Waals surface area (Å²) < 4.78 is 5.75. The molecule has 1 fully saturated rings. The Morgan fingerprint density at radius 1 is 1.47 bits per heavy atom. The van der Waals surface area contributed by atoms with E-state index in [1.165, 1.54) is 12.8 Å². The van der Waals surface area contributed by atoms with Gasteiger partial charge in [-0.2, -0.15) is 12.6 Å². The van der Waals surface area contributed by atoms with Crippen LogP contribution in [0.3, 0.4) is 0 Å². The molecule has 0 aromatic heterocycles. The molecule has 1 saturated carbocycles. The van der Waals surface area contributed by atoms with Gasteiger partial charge in [-0.3, -0.25) is 0 Å². The quantitative estimate of drug-likeness (QED) is 0.792. The van der Waals surface area contributed by atoms with Gasteiger partial charge < -0.3 is 4.74 Å². The van der Waals surface area contributed by atoms with Crippen molar-refractivity contribution < 1.29 is 4.74 Å². The number of thiol groups is 1. The maximum atomic E-state index is 5.94. The molecule has 0 aliphatic heterocycles. The third-order valence-corrected chi connectivity index (χ3v) is 4.06. The van der Waals surface area contributed by atoms with Crippen LogP contribution in [0.1, 0.15) is 18.4 Å². The van der Waals surface area contributed by atoms with E-state index in [1.807, 2.05) is 25.1 Å². The number of benzene rings is 1. The summed E-state index contributed by atoms with van der Waals surface area (Å²) in [4.78, 5) is 0. The van der Waals surface area contributed by atoms with Gasteiger partial charge in [0.15, 0.2) is 0 Å². The molecule has 0 unspecified atom stereocenters. The Kier molecular flexibility index (Phi) is 3.17. The Hall–Kier alpha value is -0.340. The zero-order chi connectivity index (χ0) is 10.9. The Morgan fingerprint density at radius 3 is 2.73 bits per heavy atom. The van der Waals surface area contributed by atoms with E-state index in [1.54, 1.807) is 0 Å². The molecule has 0 N–H and O–H groups in total. The molecule has 0 atom stereocenters. The van der Waals surface area contributed by atoms with Gasteiger partial charge in [-0.15, -0.1) is 0 Å². The summed E-state index contributed by atoms with van der Waals surface area (Å²) in [6.07, 6.45) is 2.48. The van der Waals surface area contributed by atoms with Crippen LogP contribution in [-0.2, 0) is 0 Å². The van der Waals surface area contributed by atoms with E-state index in [0.29, 0.717) is 5.41 Å². The van der Waals surface area contributed by atoms with Crippen molar-refractivity contribution in [3.05, 3.63) is 28.8 Å². The summed E-state index contributed by atoms with van der Waals surface area (Å²) in [6, 6.07) is 5.79. The maximum Gasteiger partial charge on any atom is 0.119 e. The Labute approximate surface area is 101 Å². The normalized spacial score (nSPS) is 17.5. The van der Waals surface area contributed by atoms with E-state index in [9.17, 15) is 0 Å². The molecule has 1 aliphatic carbocycles. The highest BCUT2D eigenvalue weighted by Gasteiger charge is 2.42. The van der Waals surface area contributed by atoms with Gasteiger partial charge in [0.2, 0.25) is 0 Å². The summed E-state index contributed by atoms with van der Waals surface area (Å²) in [7, 11) is 0. The number of hydrogen-bond acceptors (Lipinski definition) is 2. The van der Waals surface area contributed by atoms with Crippen LogP contribution in [0.4, 0.5) is 0 Å². The van der Waals surface area contributed by atoms with Crippen LogP contribution in [0.5, 0.6) is 5.75 Å². The second-order valence-corrected chi connectivity index (χ2v) is 5.08. The highest BCUT2D eigenvalue weighted by molar-refractivity contribution is 7.80. The average Bonchev–Trinajstić information content (AvgIpc) is 3.01. The minimum absolute atomic E-state index is 0.344. The van der Waals surface area contributed by atoms with E-state index in [2.05, 4.69) is 12.6 Å². The summed E-state index contributed by atoms with van der Waals surface area (Å²) in [6.45, 7) is 2.76. The SMILES string of the molecule is Cc1cc(OCC2(CS)CC2)ccc1Cl. The second-order valence-electron chi connectivity index (χ2n) is 4.36. The molecule has 1 aliphatic rings. The molecule has 0 radical (unpaired) electrons. The largest absolute Gasteiger partial charge is 0.493 e. The fraction of sp³-hybridized carbons (Fsp3) is 0.500. The van der Waals surface area contributed by atoms with Gasteiger partial charge in [-0.05, 0) is 49.3 Å².